The van der Waals surface area contributed by atoms with Crippen molar-refractivity contribution < 1.29 is 32.6 Å². The average molecular weight is 461 g/mol. The van der Waals surface area contributed by atoms with Crippen LogP contribution in [0.25, 0.3) is 5.65 Å². The Hall–Kier alpha value is -3.56. The van der Waals surface area contributed by atoms with Crippen molar-refractivity contribution in [2.24, 2.45) is 0 Å². The maximum Gasteiger partial charge on any atom is 0.407 e. The number of carbonyl (C=O) groups excluding carboxylic acids is 1. The monoisotopic (exact) mass is 461 g/mol. The Kier molecular flexibility index (Phi) is 5.55. The molecule has 1 aromatic carbocycles. The first-order valence-electron chi connectivity index (χ1n) is 10.3. The number of hydrogen-bond acceptors (Lipinski definition) is 4. The number of nitrogens with zero attached hydrogens (tertiary/aromatic N) is 2. The van der Waals surface area contributed by atoms with Gasteiger partial charge in [-0.1, -0.05) is 0 Å². The number of carboxylic acid groups (broad SMARTS) is 1. The Bertz CT molecular complexity index is 1270. The lowest BCUT2D eigenvalue weighted by Gasteiger charge is -2.33. The van der Waals surface area contributed by atoms with Crippen molar-refractivity contribution >= 4 is 17.7 Å². The van der Waals surface area contributed by atoms with Crippen LogP contribution in [0.2, 0.25) is 0 Å². The van der Waals surface area contributed by atoms with Gasteiger partial charge in [-0.15, -0.1) is 0 Å². The topological polar surface area (TPSA) is 92.9 Å². The maximum absolute atomic E-state index is 14.7. The molecule has 174 valence electrons. The van der Waals surface area contributed by atoms with Crippen LogP contribution in [0.15, 0.2) is 30.5 Å². The summed E-state index contributed by atoms with van der Waals surface area (Å²) in [5, 5.41) is 12.0. The number of carboxylic acids is 1. The largest absolute Gasteiger partial charge is 0.478 e. The van der Waals surface area contributed by atoms with Gasteiger partial charge < -0.3 is 19.6 Å². The number of fused-ring (bicyclic) bond motifs is 3. The van der Waals surface area contributed by atoms with Gasteiger partial charge in [-0.25, -0.2) is 27.7 Å². The van der Waals surface area contributed by atoms with E-state index in [4.69, 9.17) is 4.74 Å². The summed E-state index contributed by atoms with van der Waals surface area (Å²) < 4.78 is 49.2. The second-order valence-corrected chi connectivity index (χ2v) is 9.01. The normalized spacial score (nSPS) is 18.1. The second-order valence-electron chi connectivity index (χ2n) is 9.01. The fraction of sp³-hybridized carbons (Fsp3) is 0.348. The van der Waals surface area contributed by atoms with Gasteiger partial charge in [0.15, 0.2) is 11.6 Å². The van der Waals surface area contributed by atoms with E-state index in [1.165, 1.54) is 12.1 Å². The first-order chi connectivity index (χ1) is 15.4. The molecule has 1 aliphatic rings. The van der Waals surface area contributed by atoms with E-state index in [1.807, 2.05) is 0 Å². The van der Waals surface area contributed by atoms with Gasteiger partial charge >= 0.3 is 12.1 Å². The summed E-state index contributed by atoms with van der Waals surface area (Å²) in [6, 6.07) is 3.39. The minimum absolute atomic E-state index is 0.0523. The summed E-state index contributed by atoms with van der Waals surface area (Å²) in [5.41, 5.74) is 0.808. The van der Waals surface area contributed by atoms with E-state index >= 15 is 0 Å². The smallest absolute Gasteiger partial charge is 0.407 e. The fourth-order valence-corrected chi connectivity index (χ4v) is 4.12. The molecule has 10 heteroatoms. The number of benzene rings is 1. The first kappa shape index (κ1) is 22.6. The van der Waals surface area contributed by atoms with Crippen LogP contribution in [0.1, 0.15) is 54.0 Å². The minimum Gasteiger partial charge on any atom is -0.478 e. The number of alkyl carbamates (subject to hydrolysis) is 1. The van der Waals surface area contributed by atoms with Crippen molar-refractivity contribution in [1.82, 2.24) is 14.7 Å². The molecule has 0 spiro atoms. The van der Waals surface area contributed by atoms with Crippen LogP contribution in [0.4, 0.5) is 18.0 Å². The molecule has 3 aromatic rings. The standard InChI is InChI=1S/C23H22F3N3O4/c1-23(2,3)33-22(32)28-17-10-19-18(27-20-6-11(21(30)31)4-5-29(19)20)8-13(17)12-7-15(25)16(26)9-14(12)24/h4-7,9,13,17H,8,10H2,1-3H3,(H,28,32)(H,30,31). The number of pyridine rings is 1. The van der Waals surface area contributed by atoms with E-state index in [9.17, 15) is 27.9 Å². The van der Waals surface area contributed by atoms with Gasteiger partial charge in [0.2, 0.25) is 0 Å². The van der Waals surface area contributed by atoms with Gasteiger partial charge in [0.05, 0.1) is 11.3 Å². The minimum atomic E-state index is -1.31. The molecule has 7 nitrogen and oxygen atoms in total. The van der Waals surface area contributed by atoms with Gasteiger partial charge in [-0.05, 0) is 44.5 Å². The van der Waals surface area contributed by atoms with Crippen molar-refractivity contribution in [3.63, 3.8) is 0 Å². The van der Waals surface area contributed by atoms with Crippen LogP contribution in [-0.4, -0.2) is 38.2 Å². The van der Waals surface area contributed by atoms with Crippen molar-refractivity contribution in [3.8, 4) is 0 Å². The first-order valence-corrected chi connectivity index (χ1v) is 10.3. The lowest BCUT2D eigenvalue weighted by molar-refractivity contribution is 0.0492. The van der Waals surface area contributed by atoms with E-state index in [2.05, 4.69) is 10.3 Å². The van der Waals surface area contributed by atoms with Crippen molar-refractivity contribution in [3.05, 3.63) is 70.4 Å². The lowest BCUT2D eigenvalue weighted by atomic mass is 9.80. The summed E-state index contributed by atoms with van der Waals surface area (Å²) in [7, 11) is 0. The zero-order valence-electron chi connectivity index (χ0n) is 18.2. The number of carbonyl (C=O) groups is 2. The highest BCUT2D eigenvalue weighted by atomic mass is 19.2. The van der Waals surface area contributed by atoms with Crippen molar-refractivity contribution in [1.29, 1.82) is 0 Å². The third-order valence-corrected chi connectivity index (χ3v) is 5.51. The number of hydrogen-bond donors (Lipinski definition) is 2. The van der Waals surface area contributed by atoms with Gasteiger partial charge in [-0.2, -0.15) is 0 Å². The molecule has 2 atom stereocenters. The molecule has 0 saturated carbocycles. The summed E-state index contributed by atoms with van der Waals surface area (Å²) in [6.07, 6.45) is 1.13. The second kappa shape index (κ2) is 8.09. The Morgan fingerprint density at radius 2 is 1.82 bits per heavy atom. The highest BCUT2D eigenvalue weighted by Gasteiger charge is 2.36. The van der Waals surface area contributed by atoms with Gasteiger partial charge in [0, 0.05) is 42.8 Å². The molecule has 1 aliphatic carbocycles. The van der Waals surface area contributed by atoms with Crippen LogP contribution >= 0.6 is 0 Å². The molecule has 0 fully saturated rings. The summed E-state index contributed by atoms with van der Waals surface area (Å²) in [6.45, 7) is 5.09. The van der Waals surface area contributed by atoms with E-state index in [0.29, 0.717) is 23.1 Å². The molecule has 0 aliphatic heterocycles. The molecule has 2 aromatic heterocycles. The number of nitrogens with one attached hydrogen (secondary N) is 1. The number of ether oxygens (including phenoxy) is 1. The molecule has 2 N–H and O–H groups in total. The Morgan fingerprint density at radius 3 is 2.48 bits per heavy atom. The highest BCUT2D eigenvalue weighted by molar-refractivity contribution is 5.88. The van der Waals surface area contributed by atoms with E-state index in [0.717, 1.165) is 6.07 Å². The average Bonchev–Trinajstić information content (AvgIpc) is 3.05. The number of aromatic nitrogens is 2. The van der Waals surface area contributed by atoms with Gasteiger partial charge in [0.25, 0.3) is 0 Å². The molecule has 0 radical (unpaired) electrons. The lowest BCUT2D eigenvalue weighted by Crippen LogP contribution is -2.46. The third kappa shape index (κ3) is 4.50. The van der Waals surface area contributed by atoms with Crippen LogP contribution < -0.4 is 5.32 Å². The zero-order chi connectivity index (χ0) is 24.1. The fourth-order valence-electron chi connectivity index (χ4n) is 4.12. The Morgan fingerprint density at radius 1 is 1.12 bits per heavy atom. The zero-order valence-corrected chi connectivity index (χ0v) is 18.2. The van der Waals surface area contributed by atoms with E-state index < -0.39 is 47.1 Å². The molecule has 2 unspecified atom stereocenters. The van der Waals surface area contributed by atoms with Crippen LogP contribution in [0, 0.1) is 17.5 Å². The Labute approximate surface area is 187 Å². The van der Waals surface area contributed by atoms with E-state index in [1.54, 1.807) is 31.4 Å². The summed E-state index contributed by atoms with van der Waals surface area (Å²) in [5.74, 6) is -5.31. The summed E-state index contributed by atoms with van der Waals surface area (Å²) >= 11 is 0. The molecular formula is C23H22F3N3O4. The van der Waals surface area contributed by atoms with Gasteiger partial charge in [0.1, 0.15) is 17.1 Å². The quantitative estimate of drug-likeness (QED) is 0.570. The highest BCUT2D eigenvalue weighted by Crippen LogP contribution is 2.35. The molecule has 2 heterocycles. The molecule has 33 heavy (non-hydrogen) atoms. The molecule has 4 rings (SSSR count). The SMILES string of the molecule is CC(C)(C)OC(=O)NC1Cc2c(nc3cc(C(=O)O)ccn23)CC1c1cc(F)c(F)cc1F. The number of imidazole rings is 1. The molecule has 0 saturated heterocycles. The van der Waals surface area contributed by atoms with Crippen molar-refractivity contribution in [2.75, 3.05) is 0 Å². The summed E-state index contributed by atoms with van der Waals surface area (Å²) in [4.78, 5) is 28.3. The molecular weight excluding hydrogens is 439 g/mol. The number of rotatable bonds is 3. The predicted molar refractivity (Wildman–Crippen MR) is 112 cm³/mol. The number of aromatic carboxylic acids is 1. The maximum atomic E-state index is 14.7. The number of amides is 1. The number of halogens is 3. The molecule has 0 bridgehead atoms. The third-order valence-electron chi connectivity index (χ3n) is 5.51. The Balaban J connectivity index is 1.77. The van der Waals surface area contributed by atoms with Crippen LogP contribution in [0.3, 0.4) is 0 Å². The van der Waals surface area contributed by atoms with E-state index in [-0.39, 0.29) is 24.0 Å². The van der Waals surface area contributed by atoms with Gasteiger partial charge in [-0.3, -0.25) is 0 Å². The molecule has 1 amide bonds. The van der Waals surface area contributed by atoms with Crippen molar-refractivity contribution in [2.45, 2.75) is 51.2 Å². The van der Waals surface area contributed by atoms with Crippen LogP contribution in [-0.2, 0) is 17.6 Å². The predicted octanol–water partition coefficient (Wildman–Crippen LogP) is 4.23. The van der Waals surface area contributed by atoms with Crippen LogP contribution in [0.5, 0.6) is 0 Å².